The van der Waals surface area contributed by atoms with Crippen molar-refractivity contribution in [2.45, 2.75) is 18.2 Å². The summed E-state index contributed by atoms with van der Waals surface area (Å²) >= 11 is 4.83. The van der Waals surface area contributed by atoms with Crippen LogP contribution in [0.25, 0.3) is 0 Å². The molecule has 0 bridgehead atoms. The topological polar surface area (TPSA) is 9.23 Å². The van der Waals surface area contributed by atoms with Crippen LogP contribution in [-0.2, 0) is 0 Å². The van der Waals surface area contributed by atoms with E-state index in [9.17, 15) is 4.39 Å². The average molecular weight is 279 g/mol. The molecule has 0 fully saturated rings. The Bertz CT molecular complexity index is 317. The number of ether oxygens (including phenoxy) is 1. The second-order valence-electron chi connectivity index (χ2n) is 2.77. The highest BCUT2D eigenvalue weighted by Crippen LogP contribution is 2.32. The molecule has 0 saturated heterocycles. The average Bonchev–Trinajstić information content (AvgIpc) is 2.18. The number of rotatable bonds is 4. The van der Waals surface area contributed by atoms with E-state index in [0.717, 1.165) is 16.6 Å². The van der Waals surface area contributed by atoms with Gasteiger partial charge < -0.3 is 4.74 Å². The Morgan fingerprint density at radius 2 is 2.21 bits per heavy atom. The molecule has 78 valence electrons. The van der Waals surface area contributed by atoms with Gasteiger partial charge in [-0.3, -0.25) is 0 Å². The number of hydrogen-bond acceptors (Lipinski definition) is 2. The van der Waals surface area contributed by atoms with Crippen molar-refractivity contribution in [3.8, 4) is 5.75 Å². The van der Waals surface area contributed by atoms with Gasteiger partial charge in [0.15, 0.2) is 11.6 Å². The maximum Gasteiger partial charge on any atom is 0.178 e. The first-order valence-corrected chi connectivity index (χ1v) is 6.12. The third-order valence-electron chi connectivity index (χ3n) is 1.65. The van der Waals surface area contributed by atoms with E-state index in [4.69, 9.17) is 4.74 Å². The molecule has 0 N–H and O–H groups in total. The zero-order valence-corrected chi connectivity index (χ0v) is 10.5. The first kappa shape index (κ1) is 11.9. The maximum atomic E-state index is 13.6. The van der Waals surface area contributed by atoms with Crippen LogP contribution in [0.3, 0.4) is 0 Å². The lowest BCUT2D eigenvalue weighted by atomic mass is 10.3. The van der Waals surface area contributed by atoms with E-state index in [2.05, 4.69) is 22.9 Å². The molecule has 1 aromatic rings. The van der Waals surface area contributed by atoms with Crippen LogP contribution in [0.4, 0.5) is 4.39 Å². The van der Waals surface area contributed by atoms with Crippen LogP contribution in [0.15, 0.2) is 21.5 Å². The molecule has 0 aromatic heterocycles. The Kier molecular flexibility index (Phi) is 4.75. The van der Waals surface area contributed by atoms with Gasteiger partial charge in [0.1, 0.15) is 0 Å². The molecule has 0 heterocycles. The van der Waals surface area contributed by atoms with Crippen LogP contribution < -0.4 is 4.74 Å². The number of thioether (sulfide) groups is 1. The Morgan fingerprint density at radius 3 is 2.79 bits per heavy atom. The third kappa shape index (κ3) is 2.89. The van der Waals surface area contributed by atoms with E-state index in [1.54, 1.807) is 12.1 Å². The van der Waals surface area contributed by atoms with Crippen LogP contribution in [0.1, 0.15) is 13.3 Å². The molecular weight excluding hydrogens is 267 g/mol. The highest BCUT2D eigenvalue weighted by molar-refractivity contribution is 9.10. The normalized spacial score (nSPS) is 10.3. The summed E-state index contributed by atoms with van der Waals surface area (Å²) in [6.45, 7) is 2.07. The predicted molar refractivity (Wildman–Crippen MR) is 61.7 cm³/mol. The second kappa shape index (κ2) is 5.61. The van der Waals surface area contributed by atoms with E-state index in [1.807, 2.05) is 0 Å². The quantitative estimate of drug-likeness (QED) is 0.767. The summed E-state index contributed by atoms with van der Waals surface area (Å²) in [6, 6.07) is 3.41. The minimum Gasteiger partial charge on any atom is -0.494 e. The van der Waals surface area contributed by atoms with Crippen LogP contribution in [0.2, 0.25) is 0 Å². The van der Waals surface area contributed by atoms with E-state index < -0.39 is 0 Å². The summed E-state index contributed by atoms with van der Waals surface area (Å²) in [4.78, 5) is 0.637. The molecule has 4 heteroatoms. The fourth-order valence-corrected chi connectivity index (χ4v) is 2.46. The molecule has 1 nitrogen and oxygen atoms in total. The third-order valence-corrected chi connectivity index (χ3v) is 3.33. The van der Waals surface area contributed by atoms with Gasteiger partial charge in [-0.25, -0.2) is 4.39 Å². The molecule has 1 rings (SSSR count). The Labute approximate surface area is 96.2 Å². The van der Waals surface area contributed by atoms with Gasteiger partial charge in [-0.05, 0) is 24.3 Å². The molecule has 14 heavy (non-hydrogen) atoms. The minimum atomic E-state index is -0.269. The highest BCUT2D eigenvalue weighted by atomic mass is 79.9. The van der Waals surface area contributed by atoms with Gasteiger partial charge in [0, 0.05) is 9.37 Å². The van der Waals surface area contributed by atoms with E-state index in [0.29, 0.717) is 4.90 Å². The van der Waals surface area contributed by atoms with E-state index in [1.165, 1.54) is 18.9 Å². The minimum absolute atomic E-state index is 0.269. The number of halogens is 2. The van der Waals surface area contributed by atoms with Gasteiger partial charge in [0.2, 0.25) is 0 Å². The van der Waals surface area contributed by atoms with Crippen molar-refractivity contribution in [3.63, 3.8) is 0 Å². The predicted octanol–water partition coefficient (Wildman–Crippen LogP) is 4.10. The van der Waals surface area contributed by atoms with Gasteiger partial charge >= 0.3 is 0 Å². The summed E-state index contributed by atoms with van der Waals surface area (Å²) in [5, 5.41) is 0. The summed E-state index contributed by atoms with van der Waals surface area (Å²) < 4.78 is 19.4. The van der Waals surface area contributed by atoms with Crippen molar-refractivity contribution in [2.75, 3.05) is 12.9 Å². The van der Waals surface area contributed by atoms with Crippen LogP contribution >= 0.6 is 27.7 Å². The lowest BCUT2D eigenvalue weighted by Crippen LogP contribution is -1.91. The van der Waals surface area contributed by atoms with Crippen molar-refractivity contribution >= 4 is 27.7 Å². The molecule has 0 unspecified atom stereocenters. The lowest BCUT2D eigenvalue weighted by Gasteiger charge is -2.07. The smallest absolute Gasteiger partial charge is 0.178 e. The zero-order chi connectivity index (χ0) is 10.6. The van der Waals surface area contributed by atoms with Crippen LogP contribution in [0.5, 0.6) is 5.75 Å². The molecule has 0 spiro atoms. The zero-order valence-electron chi connectivity index (χ0n) is 8.14. The number of benzene rings is 1. The summed E-state index contributed by atoms with van der Waals surface area (Å²) in [7, 11) is 1.47. The molecule has 0 radical (unpaired) electrons. The SMILES string of the molecule is CCCSc1cc(Br)cc(OC)c1F. The fourth-order valence-electron chi connectivity index (χ4n) is 1.01. The van der Waals surface area contributed by atoms with E-state index >= 15 is 0 Å². The Morgan fingerprint density at radius 1 is 1.50 bits per heavy atom. The van der Waals surface area contributed by atoms with Crippen molar-refractivity contribution in [3.05, 3.63) is 22.4 Å². The van der Waals surface area contributed by atoms with Crippen molar-refractivity contribution in [1.82, 2.24) is 0 Å². The van der Waals surface area contributed by atoms with Crippen molar-refractivity contribution in [1.29, 1.82) is 0 Å². The standard InChI is InChI=1S/C10H12BrFOS/c1-3-4-14-9-6-7(11)5-8(13-2)10(9)12/h5-6H,3-4H2,1-2H3. The molecule has 1 aromatic carbocycles. The van der Waals surface area contributed by atoms with Crippen LogP contribution in [-0.4, -0.2) is 12.9 Å². The van der Waals surface area contributed by atoms with Crippen molar-refractivity contribution in [2.24, 2.45) is 0 Å². The van der Waals surface area contributed by atoms with Crippen molar-refractivity contribution < 1.29 is 9.13 Å². The maximum absolute atomic E-state index is 13.6. The molecule has 0 aliphatic heterocycles. The number of hydrogen-bond donors (Lipinski definition) is 0. The highest BCUT2D eigenvalue weighted by Gasteiger charge is 2.10. The van der Waals surface area contributed by atoms with Crippen LogP contribution in [0, 0.1) is 5.82 Å². The monoisotopic (exact) mass is 278 g/mol. The van der Waals surface area contributed by atoms with Gasteiger partial charge in [0.05, 0.1) is 7.11 Å². The van der Waals surface area contributed by atoms with Gasteiger partial charge in [-0.1, -0.05) is 22.9 Å². The summed E-state index contributed by atoms with van der Waals surface area (Å²) in [5.74, 6) is 0.934. The summed E-state index contributed by atoms with van der Waals surface area (Å²) in [6.07, 6.45) is 1.03. The molecule has 0 saturated carbocycles. The fraction of sp³-hybridized carbons (Fsp3) is 0.400. The van der Waals surface area contributed by atoms with Gasteiger partial charge in [-0.15, -0.1) is 11.8 Å². The summed E-state index contributed by atoms with van der Waals surface area (Å²) in [5.41, 5.74) is 0. The Balaban J connectivity index is 2.96. The molecular formula is C10H12BrFOS. The second-order valence-corrected chi connectivity index (χ2v) is 4.82. The lowest BCUT2D eigenvalue weighted by molar-refractivity contribution is 0.381. The van der Waals surface area contributed by atoms with Gasteiger partial charge in [-0.2, -0.15) is 0 Å². The molecule has 0 aliphatic rings. The molecule has 0 aliphatic carbocycles. The Hall–Kier alpha value is -0.220. The first-order valence-electron chi connectivity index (χ1n) is 4.34. The first-order chi connectivity index (χ1) is 6.69. The molecule has 0 amide bonds. The van der Waals surface area contributed by atoms with E-state index in [-0.39, 0.29) is 11.6 Å². The van der Waals surface area contributed by atoms with Gasteiger partial charge in [0.25, 0.3) is 0 Å². The molecule has 0 atom stereocenters. The largest absolute Gasteiger partial charge is 0.494 e. The number of methoxy groups -OCH3 is 1.